The summed E-state index contributed by atoms with van der Waals surface area (Å²) in [5, 5.41) is -0.762. The van der Waals surface area contributed by atoms with Crippen LogP contribution in [0, 0.1) is 5.82 Å². The van der Waals surface area contributed by atoms with Gasteiger partial charge < -0.3 is 9.64 Å². The molecule has 0 amide bonds. The van der Waals surface area contributed by atoms with E-state index in [1.54, 1.807) is 5.51 Å². The minimum absolute atomic E-state index is 0.0644. The summed E-state index contributed by atoms with van der Waals surface area (Å²) in [5.74, 6) is -0.644. The van der Waals surface area contributed by atoms with Crippen LogP contribution in [0.4, 0.5) is 10.2 Å². The molecule has 148 valence electrons. The number of nitrogens with zero attached hydrogens (tertiary/aromatic N) is 5. The number of thiazole rings is 1. The van der Waals surface area contributed by atoms with Crippen LogP contribution in [-0.4, -0.2) is 47.8 Å². The predicted molar refractivity (Wildman–Crippen MR) is 106 cm³/mol. The van der Waals surface area contributed by atoms with Gasteiger partial charge in [0.25, 0.3) is 0 Å². The van der Waals surface area contributed by atoms with E-state index in [-0.39, 0.29) is 35.2 Å². The van der Waals surface area contributed by atoms with E-state index in [0.717, 1.165) is 11.1 Å². The van der Waals surface area contributed by atoms with Crippen molar-refractivity contribution in [2.75, 3.05) is 24.3 Å². The third-order valence-corrected chi connectivity index (χ3v) is 7.23. The highest BCUT2D eigenvalue weighted by Gasteiger charge is 2.31. The van der Waals surface area contributed by atoms with Crippen LogP contribution in [-0.2, 0) is 9.84 Å². The molecule has 8 nitrogen and oxygen atoms in total. The molecule has 3 aromatic rings. The van der Waals surface area contributed by atoms with Crippen LogP contribution < -0.4 is 9.64 Å². The molecule has 1 aliphatic rings. The molecule has 28 heavy (non-hydrogen) atoms. The van der Waals surface area contributed by atoms with E-state index in [2.05, 4.69) is 35.9 Å². The number of sulfone groups is 1. The molecule has 0 fully saturated rings. The zero-order chi connectivity index (χ0) is 20.2. The van der Waals surface area contributed by atoms with E-state index in [0.29, 0.717) is 11.1 Å². The van der Waals surface area contributed by atoms with E-state index >= 15 is 0 Å². The van der Waals surface area contributed by atoms with Crippen molar-refractivity contribution in [1.29, 1.82) is 0 Å². The van der Waals surface area contributed by atoms with Crippen molar-refractivity contribution in [3.05, 3.63) is 26.0 Å². The van der Waals surface area contributed by atoms with Crippen LogP contribution >= 0.6 is 38.9 Å². The summed E-state index contributed by atoms with van der Waals surface area (Å²) in [5.41, 5.74) is 1.44. The smallest absolute Gasteiger partial charge is 0.249 e. The van der Waals surface area contributed by atoms with Crippen molar-refractivity contribution < 1.29 is 17.5 Å². The Labute approximate surface area is 176 Å². The Morgan fingerprint density at radius 3 is 2.79 bits per heavy atom. The van der Waals surface area contributed by atoms with Gasteiger partial charge in [0.05, 0.1) is 23.0 Å². The minimum Gasteiger partial charge on any atom is -0.475 e. The van der Waals surface area contributed by atoms with Crippen molar-refractivity contribution >= 4 is 65.4 Å². The van der Waals surface area contributed by atoms with Gasteiger partial charge in [0.1, 0.15) is 27.9 Å². The van der Waals surface area contributed by atoms with Crippen LogP contribution in [0.15, 0.2) is 15.3 Å². The van der Waals surface area contributed by atoms with Crippen molar-refractivity contribution in [2.24, 2.45) is 0 Å². The molecule has 0 spiro atoms. The average Bonchev–Trinajstić information content (AvgIpc) is 2.97. The highest BCUT2D eigenvalue weighted by molar-refractivity contribution is 9.10. The monoisotopic (exact) mass is 507 g/mol. The third kappa shape index (κ3) is 3.21. The van der Waals surface area contributed by atoms with E-state index in [1.165, 1.54) is 11.3 Å². The van der Waals surface area contributed by atoms with Gasteiger partial charge >= 0.3 is 0 Å². The van der Waals surface area contributed by atoms with Gasteiger partial charge in [-0.15, -0.1) is 11.3 Å². The normalized spacial score (nSPS) is 15.4. The minimum atomic E-state index is -3.81. The molecule has 3 aromatic heterocycles. The first-order valence-electron chi connectivity index (χ1n) is 7.93. The van der Waals surface area contributed by atoms with E-state index in [4.69, 9.17) is 16.3 Å². The Morgan fingerprint density at radius 2 is 2.14 bits per heavy atom. The number of rotatable bonds is 3. The number of ether oxygens (including phenoxy) is 1. The van der Waals surface area contributed by atoms with Crippen LogP contribution in [0.1, 0.15) is 17.8 Å². The number of hydrogen-bond donors (Lipinski definition) is 0. The molecule has 0 aromatic carbocycles. The molecule has 13 heteroatoms. The summed E-state index contributed by atoms with van der Waals surface area (Å²) in [4.78, 5) is 19.0. The Balaban J connectivity index is 2.05. The van der Waals surface area contributed by atoms with Gasteiger partial charge in [-0.1, -0.05) is 11.6 Å². The van der Waals surface area contributed by atoms with Crippen molar-refractivity contribution in [1.82, 2.24) is 19.9 Å². The van der Waals surface area contributed by atoms with Crippen molar-refractivity contribution in [3.8, 4) is 5.88 Å². The second-order valence-corrected chi connectivity index (χ2v) is 9.98. The molecule has 0 bridgehead atoms. The molecule has 4 heterocycles. The van der Waals surface area contributed by atoms with E-state index in [9.17, 15) is 12.8 Å². The maximum absolute atomic E-state index is 14.7. The molecule has 0 saturated heterocycles. The molecular formula is C15H12BrClFN5O3S2. The SMILES string of the molecule is CC(c1scnc1Br)N1CCOc2nc(Cl)c(F)c3nc(S(C)(=O)=O)nc1c23. The fourth-order valence-electron chi connectivity index (χ4n) is 2.93. The number of halogens is 3. The summed E-state index contributed by atoms with van der Waals surface area (Å²) in [6.07, 6.45) is 0.962. The van der Waals surface area contributed by atoms with Gasteiger partial charge in [0, 0.05) is 6.26 Å². The topological polar surface area (TPSA) is 98.2 Å². The standard InChI is InChI=1S/C15H12BrClFN5O3S2/c1-6(10-11(16)19-5-27-10)23-3-4-26-14-7-9(8(18)12(17)21-14)20-15(22-13(7)23)28(2,24)25/h5-6H,3-4H2,1-2H3. The zero-order valence-corrected chi connectivity index (χ0v) is 18.5. The number of aromatic nitrogens is 4. The molecule has 1 atom stereocenters. The highest BCUT2D eigenvalue weighted by Crippen LogP contribution is 2.41. The predicted octanol–water partition coefficient (Wildman–Crippen LogP) is 3.40. The largest absolute Gasteiger partial charge is 0.475 e. The lowest BCUT2D eigenvalue weighted by atomic mass is 10.2. The quantitative estimate of drug-likeness (QED) is 0.392. The van der Waals surface area contributed by atoms with Gasteiger partial charge in [-0.25, -0.2) is 27.8 Å². The van der Waals surface area contributed by atoms with Gasteiger partial charge in [-0.05, 0) is 22.9 Å². The second kappa shape index (κ2) is 7.01. The summed E-state index contributed by atoms with van der Waals surface area (Å²) in [6, 6.07) is -0.249. The number of anilines is 1. The fourth-order valence-corrected chi connectivity index (χ4v) is 5.20. The summed E-state index contributed by atoms with van der Waals surface area (Å²) in [6.45, 7) is 2.49. The van der Waals surface area contributed by atoms with Crippen LogP contribution in [0.25, 0.3) is 10.9 Å². The van der Waals surface area contributed by atoms with E-state index < -0.39 is 26.0 Å². The molecule has 4 rings (SSSR count). The number of pyridine rings is 1. The first kappa shape index (κ1) is 19.7. The lowest BCUT2D eigenvalue weighted by molar-refractivity contribution is 0.316. The Morgan fingerprint density at radius 1 is 1.39 bits per heavy atom. The third-order valence-electron chi connectivity index (χ3n) is 4.24. The fraction of sp³-hybridized carbons (Fsp3) is 0.333. The summed E-state index contributed by atoms with van der Waals surface area (Å²) in [7, 11) is -3.81. The molecule has 1 aliphatic heterocycles. The summed E-state index contributed by atoms with van der Waals surface area (Å²) < 4.78 is 45.3. The Kier molecular flexibility index (Phi) is 4.92. The summed E-state index contributed by atoms with van der Waals surface area (Å²) >= 11 is 10.7. The van der Waals surface area contributed by atoms with Crippen LogP contribution in [0.3, 0.4) is 0 Å². The second-order valence-electron chi connectivity index (χ2n) is 6.07. The van der Waals surface area contributed by atoms with Gasteiger partial charge in [-0.2, -0.15) is 4.98 Å². The van der Waals surface area contributed by atoms with Gasteiger partial charge in [0.2, 0.25) is 20.9 Å². The van der Waals surface area contributed by atoms with Crippen molar-refractivity contribution in [3.63, 3.8) is 0 Å². The molecular weight excluding hydrogens is 497 g/mol. The van der Waals surface area contributed by atoms with E-state index in [1.807, 2.05) is 11.8 Å². The maximum Gasteiger partial charge on any atom is 0.249 e. The van der Waals surface area contributed by atoms with Gasteiger partial charge in [0.15, 0.2) is 11.0 Å². The van der Waals surface area contributed by atoms with Crippen molar-refractivity contribution in [2.45, 2.75) is 18.1 Å². The molecule has 1 unspecified atom stereocenters. The Bertz CT molecular complexity index is 1210. The highest BCUT2D eigenvalue weighted by atomic mass is 79.9. The number of hydrogen-bond acceptors (Lipinski definition) is 9. The average molecular weight is 509 g/mol. The maximum atomic E-state index is 14.7. The first-order chi connectivity index (χ1) is 13.2. The lowest BCUT2D eigenvalue weighted by Gasteiger charge is -2.28. The van der Waals surface area contributed by atoms with Crippen LogP contribution in [0.5, 0.6) is 5.88 Å². The Hall–Kier alpha value is -1.63. The van der Waals surface area contributed by atoms with Crippen LogP contribution in [0.2, 0.25) is 5.15 Å². The molecule has 0 N–H and O–H groups in total. The molecule has 0 radical (unpaired) electrons. The first-order valence-corrected chi connectivity index (χ1v) is 11.9. The molecule has 0 saturated carbocycles. The zero-order valence-electron chi connectivity index (χ0n) is 14.5. The molecule has 0 aliphatic carbocycles. The van der Waals surface area contributed by atoms with Gasteiger partial charge in [-0.3, -0.25) is 0 Å². The lowest BCUT2D eigenvalue weighted by Crippen LogP contribution is -2.31.